The number of halogens is 3. The fourth-order valence-corrected chi connectivity index (χ4v) is 1.51. The number of carbonyl (C=O) groups excluding carboxylic acids is 2. The van der Waals surface area contributed by atoms with Crippen molar-refractivity contribution in [3.63, 3.8) is 0 Å². The van der Waals surface area contributed by atoms with Crippen molar-refractivity contribution < 1.29 is 32.6 Å². The Bertz CT molecular complexity index is 393. The highest BCUT2D eigenvalue weighted by Crippen LogP contribution is 2.39. The summed E-state index contributed by atoms with van der Waals surface area (Å²) in [7, 11) is 0.679. The lowest BCUT2D eigenvalue weighted by Gasteiger charge is -2.31. The molecule has 2 N–H and O–H groups in total. The van der Waals surface area contributed by atoms with E-state index in [0.29, 0.717) is 7.11 Å². The monoisotopic (exact) mass is 254 g/mol. The molecule has 96 valence electrons. The Hall–Kier alpha value is -1.64. The molecule has 17 heavy (non-hydrogen) atoms. The Labute approximate surface area is 93.4 Å². The third-order valence-electron chi connectivity index (χ3n) is 2.37. The minimum Gasteiger partial charge on any atom is -0.467 e. The van der Waals surface area contributed by atoms with E-state index >= 15 is 0 Å². The van der Waals surface area contributed by atoms with Gasteiger partial charge in [-0.3, -0.25) is 4.79 Å². The Morgan fingerprint density at radius 2 is 2.06 bits per heavy atom. The fourth-order valence-electron chi connectivity index (χ4n) is 1.51. The number of carbonyl (C=O) groups is 2. The van der Waals surface area contributed by atoms with Crippen molar-refractivity contribution in [2.75, 3.05) is 7.11 Å². The van der Waals surface area contributed by atoms with E-state index in [1.807, 2.05) is 0 Å². The van der Waals surface area contributed by atoms with E-state index in [4.69, 9.17) is 0 Å². The molecule has 1 rings (SSSR count). The summed E-state index contributed by atoms with van der Waals surface area (Å²) in [4.78, 5) is 22.3. The zero-order valence-corrected chi connectivity index (χ0v) is 8.83. The van der Waals surface area contributed by atoms with Crippen LogP contribution < -0.4 is 5.43 Å². The molecule has 1 amide bonds. The SMILES string of the molecule is COC(=O)[C@@](O)([C@@H]1C(=O)NN=C1C)C(F)(F)F. The van der Waals surface area contributed by atoms with Crippen molar-refractivity contribution in [3.8, 4) is 0 Å². The Morgan fingerprint density at radius 1 is 1.53 bits per heavy atom. The zero-order valence-electron chi connectivity index (χ0n) is 8.83. The number of amides is 1. The van der Waals surface area contributed by atoms with Crippen LogP contribution in [0.4, 0.5) is 13.2 Å². The highest BCUT2D eigenvalue weighted by Gasteiger charge is 2.68. The summed E-state index contributed by atoms with van der Waals surface area (Å²) >= 11 is 0. The smallest absolute Gasteiger partial charge is 0.429 e. The fraction of sp³-hybridized carbons (Fsp3) is 0.625. The van der Waals surface area contributed by atoms with Crippen molar-refractivity contribution in [2.45, 2.75) is 18.7 Å². The number of hydrogen-bond donors (Lipinski definition) is 2. The van der Waals surface area contributed by atoms with Gasteiger partial charge in [-0.1, -0.05) is 0 Å². The molecular weight excluding hydrogens is 245 g/mol. The van der Waals surface area contributed by atoms with Crippen LogP contribution in [-0.2, 0) is 14.3 Å². The summed E-state index contributed by atoms with van der Waals surface area (Å²) in [6, 6.07) is 0. The van der Waals surface area contributed by atoms with E-state index in [-0.39, 0.29) is 5.71 Å². The van der Waals surface area contributed by atoms with Gasteiger partial charge in [0.15, 0.2) is 0 Å². The Morgan fingerprint density at radius 3 is 2.35 bits per heavy atom. The van der Waals surface area contributed by atoms with Gasteiger partial charge < -0.3 is 9.84 Å². The summed E-state index contributed by atoms with van der Waals surface area (Å²) < 4.78 is 42.2. The van der Waals surface area contributed by atoms with Crippen LogP contribution in [0.25, 0.3) is 0 Å². The van der Waals surface area contributed by atoms with Gasteiger partial charge in [-0.25, -0.2) is 10.2 Å². The summed E-state index contributed by atoms with van der Waals surface area (Å²) in [5.74, 6) is -5.32. The van der Waals surface area contributed by atoms with Gasteiger partial charge in [-0.15, -0.1) is 0 Å². The molecule has 0 bridgehead atoms. The molecule has 9 heteroatoms. The number of esters is 1. The first-order valence-corrected chi connectivity index (χ1v) is 4.37. The van der Waals surface area contributed by atoms with Crippen LogP contribution in [0.2, 0.25) is 0 Å². The first-order chi connectivity index (χ1) is 7.66. The number of hydrogen-bond acceptors (Lipinski definition) is 5. The van der Waals surface area contributed by atoms with Crippen LogP contribution in [0.15, 0.2) is 5.10 Å². The molecule has 0 fully saturated rings. The summed E-state index contributed by atoms with van der Waals surface area (Å²) in [5.41, 5.74) is -2.52. The van der Waals surface area contributed by atoms with E-state index in [2.05, 4.69) is 9.84 Å². The van der Waals surface area contributed by atoms with Gasteiger partial charge in [0.25, 0.3) is 11.5 Å². The van der Waals surface area contributed by atoms with Gasteiger partial charge in [0.1, 0.15) is 5.92 Å². The van der Waals surface area contributed by atoms with Crippen LogP contribution in [0.5, 0.6) is 0 Å². The summed E-state index contributed by atoms with van der Waals surface area (Å²) in [6.07, 6.45) is -5.36. The van der Waals surface area contributed by atoms with E-state index < -0.39 is 29.6 Å². The van der Waals surface area contributed by atoms with Gasteiger partial charge in [-0.05, 0) is 6.92 Å². The maximum atomic E-state index is 12.8. The lowest BCUT2D eigenvalue weighted by molar-refractivity contribution is -0.268. The predicted octanol–water partition coefficient (Wildman–Crippen LogP) is -0.425. The van der Waals surface area contributed by atoms with E-state index in [9.17, 15) is 27.9 Å². The molecule has 0 aromatic rings. The molecule has 0 unspecified atom stereocenters. The van der Waals surface area contributed by atoms with E-state index in [1.165, 1.54) is 0 Å². The molecule has 0 saturated heterocycles. The number of alkyl halides is 3. The standard InChI is InChI=1S/C8H9F3N2O4/c1-3-4(5(14)13-12-3)7(16,6(15)17-2)8(9,10)11/h4,16H,1-2H3,(H,13,14)/t4-,7-/m0/s1. The van der Waals surface area contributed by atoms with Crippen LogP contribution in [-0.4, -0.2) is 41.6 Å². The Balaban J connectivity index is 3.30. The molecule has 1 aliphatic rings. The lowest BCUT2D eigenvalue weighted by atomic mass is 9.83. The second-order valence-corrected chi connectivity index (χ2v) is 3.42. The number of methoxy groups -OCH3 is 1. The molecular formula is C8H9F3N2O4. The lowest BCUT2D eigenvalue weighted by Crippen LogP contribution is -2.61. The average molecular weight is 254 g/mol. The minimum atomic E-state index is -5.36. The predicted molar refractivity (Wildman–Crippen MR) is 47.8 cm³/mol. The molecule has 0 aromatic carbocycles. The maximum absolute atomic E-state index is 12.8. The van der Waals surface area contributed by atoms with Gasteiger partial charge in [-0.2, -0.15) is 18.3 Å². The molecule has 0 aliphatic carbocycles. The minimum absolute atomic E-state index is 0.347. The van der Waals surface area contributed by atoms with E-state index in [1.54, 1.807) is 5.43 Å². The molecule has 6 nitrogen and oxygen atoms in total. The Kier molecular flexibility index (Phi) is 3.15. The largest absolute Gasteiger partial charge is 0.467 e. The number of nitrogens with one attached hydrogen (secondary N) is 1. The van der Waals surface area contributed by atoms with Crippen molar-refractivity contribution in [2.24, 2.45) is 11.0 Å². The quantitative estimate of drug-likeness (QED) is 0.655. The average Bonchev–Trinajstić information content (AvgIpc) is 2.55. The van der Waals surface area contributed by atoms with Crippen molar-refractivity contribution in [3.05, 3.63) is 0 Å². The van der Waals surface area contributed by atoms with Crippen LogP contribution >= 0.6 is 0 Å². The second-order valence-electron chi connectivity index (χ2n) is 3.42. The molecule has 2 atom stereocenters. The summed E-state index contributed by atoms with van der Waals surface area (Å²) in [6.45, 7) is 1.09. The first-order valence-electron chi connectivity index (χ1n) is 4.37. The number of nitrogens with zero attached hydrogens (tertiary/aromatic N) is 1. The summed E-state index contributed by atoms with van der Waals surface area (Å²) in [5, 5.41) is 12.8. The highest BCUT2D eigenvalue weighted by atomic mass is 19.4. The van der Waals surface area contributed by atoms with Crippen LogP contribution in [0, 0.1) is 5.92 Å². The number of hydrazone groups is 1. The topological polar surface area (TPSA) is 88.0 Å². The number of aliphatic hydroxyl groups is 1. The molecule has 1 heterocycles. The number of rotatable bonds is 2. The molecule has 0 radical (unpaired) electrons. The first kappa shape index (κ1) is 13.4. The zero-order chi connectivity index (χ0) is 13.4. The maximum Gasteiger partial charge on any atom is 0.429 e. The molecule has 0 aromatic heterocycles. The normalized spacial score (nSPS) is 23.8. The van der Waals surface area contributed by atoms with Crippen LogP contribution in [0.1, 0.15) is 6.92 Å². The van der Waals surface area contributed by atoms with Gasteiger partial charge in [0, 0.05) is 0 Å². The van der Waals surface area contributed by atoms with Crippen LogP contribution in [0.3, 0.4) is 0 Å². The van der Waals surface area contributed by atoms with E-state index in [0.717, 1.165) is 6.92 Å². The highest BCUT2D eigenvalue weighted by molar-refractivity contribution is 6.11. The van der Waals surface area contributed by atoms with Gasteiger partial charge in [0.05, 0.1) is 12.8 Å². The van der Waals surface area contributed by atoms with Gasteiger partial charge in [0.2, 0.25) is 0 Å². The van der Waals surface area contributed by atoms with Gasteiger partial charge >= 0.3 is 12.1 Å². The number of ether oxygens (including phenoxy) is 1. The molecule has 0 spiro atoms. The molecule has 0 saturated carbocycles. The third kappa shape index (κ3) is 1.86. The van der Waals surface area contributed by atoms with Crippen molar-refractivity contribution in [1.82, 2.24) is 5.43 Å². The second kappa shape index (κ2) is 3.99. The molecule has 1 aliphatic heterocycles. The third-order valence-corrected chi connectivity index (χ3v) is 2.37. The van der Waals surface area contributed by atoms with Crippen molar-refractivity contribution in [1.29, 1.82) is 0 Å². The van der Waals surface area contributed by atoms with Crippen molar-refractivity contribution >= 4 is 17.6 Å².